The lowest BCUT2D eigenvalue weighted by atomic mass is 10.1. The average Bonchev–Trinajstić information content (AvgIpc) is 2.41. The van der Waals surface area contributed by atoms with E-state index in [0.717, 1.165) is 5.39 Å². The Morgan fingerprint density at radius 1 is 1.36 bits per heavy atom. The molecule has 0 spiro atoms. The number of hydrogen-bond donors (Lipinski definition) is 2. The fraction of sp³-hybridized carbons (Fsp3) is 0.100. The van der Waals surface area contributed by atoms with Crippen LogP contribution in [0, 0.1) is 6.92 Å². The smallest absolute Gasteiger partial charge is 0.356 e. The van der Waals surface area contributed by atoms with Crippen LogP contribution in [0.25, 0.3) is 10.9 Å². The van der Waals surface area contributed by atoms with Crippen molar-refractivity contribution in [1.82, 2.24) is 4.73 Å². The minimum absolute atomic E-state index is 0.0776. The molecule has 2 N–H and O–H groups in total. The zero-order valence-corrected chi connectivity index (χ0v) is 7.56. The summed E-state index contributed by atoms with van der Waals surface area (Å²) in [5, 5.41) is 19.2. The van der Waals surface area contributed by atoms with Gasteiger partial charge in [-0.15, -0.1) is 0 Å². The third-order valence-electron chi connectivity index (χ3n) is 2.31. The number of aryl methyl sites for hydroxylation is 1. The Hall–Kier alpha value is -1.97. The van der Waals surface area contributed by atoms with Crippen LogP contribution in [-0.2, 0) is 0 Å². The molecule has 2 rings (SSSR count). The van der Waals surface area contributed by atoms with Crippen LogP contribution in [0.2, 0.25) is 0 Å². The van der Waals surface area contributed by atoms with E-state index in [9.17, 15) is 10.0 Å². The van der Waals surface area contributed by atoms with Crippen LogP contribution in [0.3, 0.4) is 0 Å². The molecular formula is C10H9NO3. The lowest BCUT2D eigenvalue weighted by Crippen LogP contribution is -2.06. The molecule has 0 aliphatic rings. The summed E-state index contributed by atoms with van der Waals surface area (Å²) in [4.78, 5) is 10.8. The van der Waals surface area contributed by atoms with Gasteiger partial charge in [0.1, 0.15) is 0 Å². The molecule has 0 saturated carbocycles. The van der Waals surface area contributed by atoms with Crippen LogP contribution in [0.1, 0.15) is 16.1 Å². The van der Waals surface area contributed by atoms with Crippen LogP contribution < -0.4 is 0 Å². The Balaban J connectivity index is 2.92. The monoisotopic (exact) mass is 191 g/mol. The number of nitrogens with zero attached hydrogens (tertiary/aromatic N) is 1. The highest BCUT2D eigenvalue weighted by molar-refractivity contribution is 5.97. The highest BCUT2D eigenvalue weighted by Gasteiger charge is 2.18. The molecule has 0 fully saturated rings. The molecule has 4 nitrogen and oxygen atoms in total. The van der Waals surface area contributed by atoms with E-state index >= 15 is 0 Å². The van der Waals surface area contributed by atoms with E-state index in [2.05, 4.69) is 0 Å². The second kappa shape index (κ2) is 2.77. The number of carbonyl (C=O) groups is 1. The first kappa shape index (κ1) is 8.62. The third-order valence-corrected chi connectivity index (χ3v) is 2.31. The first-order valence-corrected chi connectivity index (χ1v) is 4.15. The molecule has 0 amide bonds. The van der Waals surface area contributed by atoms with Gasteiger partial charge in [0.15, 0.2) is 5.69 Å². The van der Waals surface area contributed by atoms with Crippen molar-refractivity contribution in [2.24, 2.45) is 0 Å². The van der Waals surface area contributed by atoms with Crippen LogP contribution in [-0.4, -0.2) is 21.0 Å². The fourth-order valence-electron chi connectivity index (χ4n) is 1.63. The molecule has 0 unspecified atom stereocenters. The van der Waals surface area contributed by atoms with Crippen molar-refractivity contribution < 1.29 is 15.1 Å². The highest BCUT2D eigenvalue weighted by atomic mass is 16.5. The summed E-state index contributed by atoms with van der Waals surface area (Å²) in [6.45, 7) is 1.68. The van der Waals surface area contributed by atoms with Gasteiger partial charge in [-0.1, -0.05) is 18.2 Å². The maximum absolute atomic E-state index is 10.8. The fourth-order valence-corrected chi connectivity index (χ4v) is 1.63. The molecule has 0 aliphatic heterocycles. The van der Waals surface area contributed by atoms with Crippen LogP contribution >= 0.6 is 0 Å². The summed E-state index contributed by atoms with van der Waals surface area (Å²) in [7, 11) is 0. The van der Waals surface area contributed by atoms with Gasteiger partial charge < -0.3 is 10.3 Å². The van der Waals surface area contributed by atoms with Gasteiger partial charge in [-0.25, -0.2) is 4.79 Å². The van der Waals surface area contributed by atoms with Crippen molar-refractivity contribution in [3.8, 4) is 0 Å². The van der Waals surface area contributed by atoms with E-state index in [1.54, 1.807) is 31.2 Å². The van der Waals surface area contributed by atoms with Gasteiger partial charge in [-0.3, -0.25) is 0 Å². The molecule has 1 aromatic carbocycles. The van der Waals surface area contributed by atoms with Crippen LogP contribution in [0.5, 0.6) is 0 Å². The summed E-state index contributed by atoms with van der Waals surface area (Å²) in [5.41, 5.74) is 1.02. The van der Waals surface area contributed by atoms with Gasteiger partial charge in [-0.2, -0.15) is 4.73 Å². The van der Waals surface area contributed by atoms with Gasteiger partial charge in [0.25, 0.3) is 0 Å². The van der Waals surface area contributed by atoms with Gasteiger partial charge in [-0.05, 0) is 18.6 Å². The number of hydrogen-bond acceptors (Lipinski definition) is 2. The number of aromatic carboxylic acids is 1. The van der Waals surface area contributed by atoms with Crippen molar-refractivity contribution in [3.63, 3.8) is 0 Å². The molecule has 1 heterocycles. The Bertz CT molecular complexity index is 474. The van der Waals surface area contributed by atoms with Gasteiger partial charge in [0.2, 0.25) is 0 Å². The average molecular weight is 191 g/mol. The first-order chi connectivity index (χ1) is 6.63. The van der Waals surface area contributed by atoms with Crippen LogP contribution in [0.4, 0.5) is 0 Å². The Kier molecular flexibility index (Phi) is 1.70. The minimum atomic E-state index is -1.12. The predicted molar refractivity (Wildman–Crippen MR) is 50.8 cm³/mol. The van der Waals surface area contributed by atoms with Gasteiger partial charge in [0, 0.05) is 5.39 Å². The number of benzene rings is 1. The SMILES string of the molecule is Cc1c(C(=O)O)n(O)c2ccccc12. The molecule has 14 heavy (non-hydrogen) atoms. The number of fused-ring (bicyclic) bond motifs is 1. The predicted octanol–water partition coefficient (Wildman–Crippen LogP) is 1.89. The summed E-state index contributed by atoms with van der Waals surface area (Å²) < 4.78 is 0.715. The molecular weight excluding hydrogens is 182 g/mol. The molecule has 0 atom stereocenters. The van der Waals surface area contributed by atoms with E-state index in [1.807, 2.05) is 0 Å². The minimum Gasteiger partial charge on any atom is -0.476 e. The number of aromatic nitrogens is 1. The van der Waals surface area contributed by atoms with Gasteiger partial charge >= 0.3 is 5.97 Å². The highest BCUT2D eigenvalue weighted by Crippen LogP contribution is 2.23. The summed E-state index contributed by atoms with van der Waals surface area (Å²) in [5.74, 6) is -1.12. The molecule has 2 aromatic rings. The summed E-state index contributed by atoms with van der Waals surface area (Å²) >= 11 is 0. The second-order valence-electron chi connectivity index (χ2n) is 3.11. The van der Waals surface area contributed by atoms with Crippen molar-refractivity contribution in [1.29, 1.82) is 0 Å². The standard InChI is InChI=1S/C10H9NO3/c1-6-7-4-2-3-5-8(7)11(14)9(6)10(12)13/h2-5,14H,1H3,(H,12,13). The summed E-state index contributed by atoms with van der Waals surface area (Å²) in [6, 6.07) is 7.01. The second-order valence-corrected chi connectivity index (χ2v) is 3.11. The van der Waals surface area contributed by atoms with Crippen molar-refractivity contribution >= 4 is 16.9 Å². The van der Waals surface area contributed by atoms with E-state index in [0.29, 0.717) is 15.8 Å². The maximum atomic E-state index is 10.8. The normalized spacial score (nSPS) is 10.6. The molecule has 1 aromatic heterocycles. The largest absolute Gasteiger partial charge is 0.476 e. The summed E-state index contributed by atoms with van der Waals surface area (Å²) in [6.07, 6.45) is 0. The Morgan fingerprint density at radius 2 is 2.00 bits per heavy atom. The van der Waals surface area contributed by atoms with Crippen LogP contribution in [0.15, 0.2) is 24.3 Å². The topological polar surface area (TPSA) is 62.5 Å². The zero-order valence-electron chi connectivity index (χ0n) is 7.56. The number of rotatable bonds is 1. The number of carboxylic acids is 1. The number of carboxylic acid groups (broad SMARTS) is 1. The molecule has 0 saturated heterocycles. The number of para-hydroxylation sites is 1. The van der Waals surface area contributed by atoms with E-state index < -0.39 is 5.97 Å². The van der Waals surface area contributed by atoms with E-state index in [1.165, 1.54) is 0 Å². The lowest BCUT2D eigenvalue weighted by molar-refractivity contribution is 0.0648. The Morgan fingerprint density at radius 3 is 2.57 bits per heavy atom. The maximum Gasteiger partial charge on any atom is 0.356 e. The Labute approximate surface area is 80.0 Å². The molecule has 0 aliphatic carbocycles. The van der Waals surface area contributed by atoms with Crippen molar-refractivity contribution in [2.45, 2.75) is 6.92 Å². The third kappa shape index (κ3) is 0.970. The van der Waals surface area contributed by atoms with Gasteiger partial charge in [0.05, 0.1) is 5.52 Å². The van der Waals surface area contributed by atoms with E-state index in [-0.39, 0.29) is 5.69 Å². The lowest BCUT2D eigenvalue weighted by Gasteiger charge is -1.96. The molecule has 0 radical (unpaired) electrons. The van der Waals surface area contributed by atoms with E-state index in [4.69, 9.17) is 5.11 Å². The van der Waals surface area contributed by atoms with Crippen molar-refractivity contribution in [3.05, 3.63) is 35.5 Å². The molecule has 72 valence electrons. The zero-order chi connectivity index (χ0) is 10.3. The first-order valence-electron chi connectivity index (χ1n) is 4.15. The van der Waals surface area contributed by atoms with Crippen molar-refractivity contribution in [2.75, 3.05) is 0 Å². The quantitative estimate of drug-likeness (QED) is 0.676. The molecule has 0 bridgehead atoms. The molecule has 4 heteroatoms.